The van der Waals surface area contributed by atoms with Gasteiger partial charge in [0.2, 0.25) is 0 Å². The Morgan fingerprint density at radius 3 is 1.53 bits per heavy atom. The Morgan fingerprint density at radius 2 is 1.07 bits per heavy atom. The zero-order valence-electron chi connectivity index (χ0n) is 33.2. The molecule has 1 aromatic heterocycles. The third-order valence-corrected chi connectivity index (χ3v) is 13.9. The number of rotatable bonds is 15. The van der Waals surface area contributed by atoms with Gasteiger partial charge in [0, 0.05) is 50.2 Å². The summed E-state index contributed by atoms with van der Waals surface area (Å²) in [7, 11) is 8.31. The van der Waals surface area contributed by atoms with Crippen LogP contribution in [0.3, 0.4) is 0 Å². The van der Waals surface area contributed by atoms with Gasteiger partial charge in [-0.3, -0.25) is 9.59 Å². The maximum atomic E-state index is 13.0. The van der Waals surface area contributed by atoms with Crippen LogP contribution in [0.5, 0.6) is 0 Å². The standard InChI is InChI=1S/C46H43Cl4N3O4S2/c1-52(2)44(54)31-12-8-29(9-13-31)42(58-20-18-27-6-16-36(47)38(49)22-27)33-24-35(34-26-41(46(56)57-5)51-40(34)25-33)43(30-10-14-32(15-11-30)45(55)53(3)4)59-21-19-28-7-17-37(48)39(50)23-28/h6-17,22-26,42-43,51H,18-21H2,1-5H3. The van der Waals surface area contributed by atoms with Gasteiger partial charge in [0.1, 0.15) is 5.69 Å². The van der Waals surface area contributed by atoms with E-state index in [2.05, 4.69) is 17.1 Å². The molecule has 5 aromatic carbocycles. The van der Waals surface area contributed by atoms with Gasteiger partial charge in [0.15, 0.2) is 0 Å². The average molecular weight is 908 g/mol. The van der Waals surface area contributed by atoms with Crippen LogP contribution >= 0.6 is 69.9 Å². The lowest BCUT2D eigenvalue weighted by molar-refractivity contribution is 0.0594. The zero-order valence-corrected chi connectivity index (χ0v) is 37.8. The van der Waals surface area contributed by atoms with Crippen molar-refractivity contribution >= 4 is 98.6 Å². The Morgan fingerprint density at radius 1 is 0.593 bits per heavy atom. The molecule has 0 saturated heterocycles. The maximum Gasteiger partial charge on any atom is 0.354 e. The van der Waals surface area contributed by atoms with Gasteiger partial charge in [0.05, 0.1) is 37.7 Å². The summed E-state index contributed by atoms with van der Waals surface area (Å²) in [5.41, 5.74) is 8.42. The molecule has 59 heavy (non-hydrogen) atoms. The summed E-state index contributed by atoms with van der Waals surface area (Å²) in [6, 6.07) is 33.0. The smallest absolute Gasteiger partial charge is 0.354 e. The van der Waals surface area contributed by atoms with Crippen molar-refractivity contribution in [2.45, 2.75) is 23.3 Å². The molecule has 2 amide bonds. The molecule has 7 nitrogen and oxygen atoms in total. The number of methoxy groups -OCH3 is 1. The van der Waals surface area contributed by atoms with Gasteiger partial charge in [-0.2, -0.15) is 0 Å². The summed E-state index contributed by atoms with van der Waals surface area (Å²) in [6.45, 7) is 0. The minimum atomic E-state index is -0.474. The number of fused-ring (bicyclic) bond motifs is 1. The lowest BCUT2D eigenvalue weighted by Gasteiger charge is -2.24. The summed E-state index contributed by atoms with van der Waals surface area (Å²) < 4.78 is 5.16. The Bertz CT molecular complexity index is 2470. The van der Waals surface area contributed by atoms with Crippen molar-refractivity contribution in [2.24, 2.45) is 0 Å². The molecular weight excluding hydrogens is 864 g/mol. The number of carbonyl (C=O) groups is 3. The quantitative estimate of drug-likeness (QED) is 0.103. The predicted octanol–water partition coefficient (Wildman–Crippen LogP) is 12.1. The Labute approximate surface area is 373 Å². The van der Waals surface area contributed by atoms with Crippen LogP contribution in [0, 0.1) is 0 Å². The summed E-state index contributed by atoms with van der Waals surface area (Å²) in [6.07, 6.45) is 1.47. The van der Waals surface area contributed by atoms with E-state index in [1.165, 1.54) is 7.11 Å². The number of aromatic amines is 1. The van der Waals surface area contributed by atoms with Crippen molar-refractivity contribution in [3.05, 3.63) is 173 Å². The van der Waals surface area contributed by atoms with Gasteiger partial charge < -0.3 is 19.5 Å². The topological polar surface area (TPSA) is 82.7 Å². The molecule has 0 fully saturated rings. The lowest BCUT2D eigenvalue weighted by Crippen LogP contribution is -2.21. The zero-order chi connectivity index (χ0) is 42.4. The minimum absolute atomic E-state index is 0.0789. The number of hydrogen-bond acceptors (Lipinski definition) is 6. The molecule has 0 spiro atoms. The first-order chi connectivity index (χ1) is 28.2. The SMILES string of the molecule is COC(=O)c1cc2c(C(SCCc3ccc(Cl)c(Cl)c3)c3ccc(C(=O)N(C)C)cc3)cc(C(SCCc3ccc(Cl)c(Cl)c3)c3ccc(C(=O)N(C)C)cc3)cc2[nH]1. The van der Waals surface area contributed by atoms with Crippen LogP contribution in [-0.4, -0.2) is 79.4 Å². The molecule has 0 aliphatic heterocycles. The van der Waals surface area contributed by atoms with Gasteiger partial charge in [-0.05, 0) is 118 Å². The van der Waals surface area contributed by atoms with Gasteiger partial charge in [0.25, 0.3) is 11.8 Å². The van der Waals surface area contributed by atoms with Crippen molar-refractivity contribution in [1.82, 2.24) is 14.8 Å². The summed E-state index contributed by atoms with van der Waals surface area (Å²) >= 11 is 28.8. The van der Waals surface area contributed by atoms with Gasteiger partial charge >= 0.3 is 5.97 Å². The first kappa shape index (κ1) is 44.5. The fraction of sp³-hybridized carbons (Fsp3) is 0.239. The highest BCUT2D eigenvalue weighted by atomic mass is 35.5. The highest BCUT2D eigenvalue weighted by Crippen LogP contribution is 2.45. The summed E-state index contributed by atoms with van der Waals surface area (Å²) in [5.74, 6) is 0.833. The van der Waals surface area contributed by atoms with E-state index in [0.717, 1.165) is 68.6 Å². The molecular formula is C46H43Cl4N3O4S2. The summed E-state index contributed by atoms with van der Waals surface area (Å²) in [5, 5.41) is 2.52. The highest BCUT2D eigenvalue weighted by Gasteiger charge is 2.25. The van der Waals surface area contributed by atoms with Crippen molar-refractivity contribution in [3.8, 4) is 0 Å². The Kier molecular flexibility index (Phi) is 15.1. The fourth-order valence-electron chi connectivity index (χ4n) is 6.72. The second-order valence-electron chi connectivity index (χ2n) is 14.4. The average Bonchev–Trinajstić information content (AvgIpc) is 3.67. The summed E-state index contributed by atoms with van der Waals surface area (Å²) in [4.78, 5) is 45.3. The van der Waals surface area contributed by atoms with E-state index in [4.69, 9.17) is 51.1 Å². The number of hydrogen-bond donors (Lipinski definition) is 1. The molecule has 6 aromatic rings. The van der Waals surface area contributed by atoms with Crippen LogP contribution in [0.4, 0.5) is 0 Å². The van der Waals surface area contributed by atoms with Crippen LogP contribution in [-0.2, 0) is 17.6 Å². The van der Waals surface area contributed by atoms with Crippen LogP contribution < -0.4 is 0 Å². The van der Waals surface area contributed by atoms with Crippen molar-refractivity contribution in [1.29, 1.82) is 0 Å². The van der Waals surface area contributed by atoms with Crippen LogP contribution in [0.15, 0.2) is 103 Å². The molecule has 13 heteroatoms. The Balaban J connectivity index is 1.47. The number of amides is 2. The minimum Gasteiger partial charge on any atom is -0.464 e. The van der Waals surface area contributed by atoms with E-state index in [9.17, 15) is 14.4 Å². The molecule has 1 heterocycles. The maximum absolute atomic E-state index is 13.0. The normalized spacial score (nSPS) is 12.3. The molecule has 6 rings (SSSR count). The number of halogens is 4. The number of ether oxygens (including phenoxy) is 1. The van der Waals surface area contributed by atoms with E-state index < -0.39 is 5.97 Å². The first-order valence-electron chi connectivity index (χ1n) is 18.7. The van der Waals surface area contributed by atoms with E-state index in [1.807, 2.05) is 91.0 Å². The monoisotopic (exact) mass is 905 g/mol. The second-order valence-corrected chi connectivity index (χ2v) is 18.4. The van der Waals surface area contributed by atoms with Crippen LogP contribution in [0.1, 0.15) is 75.1 Å². The van der Waals surface area contributed by atoms with Gasteiger partial charge in [-0.15, -0.1) is 23.5 Å². The third-order valence-electron chi connectivity index (χ3n) is 9.83. The van der Waals surface area contributed by atoms with E-state index in [1.54, 1.807) is 61.5 Å². The van der Waals surface area contributed by atoms with E-state index in [0.29, 0.717) is 36.9 Å². The number of H-pyrrole nitrogens is 1. The molecule has 2 atom stereocenters. The molecule has 0 saturated carbocycles. The fourth-order valence-corrected chi connectivity index (χ4v) is 9.95. The molecule has 1 N–H and O–H groups in total. The number of aromatic nitrogens is 1. The molecule has 0 radical (unpaired) electrons. The predicted molar refractivity (Wildman–Crippen MR) is 247 cm³/mol. The molecule has 0 aliphatic carbocycles. The van der Waals surface area contributed by atoms with Crippen molar-refractivity contribution in [2.75, 3.05) is 46.8 Å². The number of esters is 1. The molecule has 0 aliphatic rings. The number of aryl methyl sites for hydroxylation is 2. The number of thioether (sulfide) groups is 2. The van der Waals surface area contributed by atoms with Gasteiger partial charge in [-0.1, -0.05) is 88.9 Å². The number of benzene rings is 5. The largest absolute Gasteiger partial charge is 0.464 e. The second kappa shape index (κ2) is 20.0. The van der Waals surface area contributed by atoms with Crippen molar-refractivity contribution < 1.29 is 19.1 Å². The Hall–Kier alpha value is -4.09. The van der Waals surface area contributed by atoms with Crippen LogP contribution in [0.2, 0.25) is 20.1 Å². The number of nitrogens with zero attached hydrogens (tertiary/aromatic N) is 2. The molecule has 2 unspecified atom stereocenters. The van der Waals surface area contributed by atoms with Crippen molar-refractivity contribution in [3.63, 3.8) is 0 Å². The van der Waals surface area contributed by atoms with Gasteiger partial charge in [-0.25, -0.2) is 4.79 Å². The van der Waals surface area contributed by atoms with E-state index >= 15 is 0 Å². The van der Waals surface area contributed by atoms with E-state index in [-0.39, 0.29) is 22.3 Å². The number of nitrogens with one attached hydrogen (secondary N) is 1. The molecule has 0 bridgehead atoms. The van der Waals surface area contributed by atoms with Crippen LogP contribution in [0.25, 0.3) is 10.9 Å². The molecule has 306 valence electrons. The third kappa shape index (κ3) is 10.8. The number of carbonyl (C=O) groups excluding carboxylic acids is 3. The highest BCUT2D eigenvalue weighted by molar-refractivity contribution is 8.00. The first-order valence-corrected chi connectivity index (χ1v) is 22.3. The lowest BCUT2D eigenvalue weighted by atomic mass is 9.94.